The van der Waals surface area contributed by atoms with Gasteiger partial charge in [0.25, 0.3) is 0 Å². The number of carbonyl (C=O) groups excluding carboxylic acids is 1. The fourth-order valence-corrected chi connectivity index (χ4v) is 3.58. The normalized spacial score (nSPS) is 15.4. The molecule has 1 atom stereocenters. The highest BCUT2D eigenvalue weighted by Gasteiger charge is 2.23. The summed E-state index contributed by atoms with van der Waals surface area (Å²) in [4.78, 5) is 23.3. The quantitative estimate of drug-likeness (QED) is 0.562. The van der Waals surface area contributed by atoms with Gasteiger partial charge in [0.2, 0.25) is 5.88 Å². The Bertz CT molecular complexity index is 1030. The van der Waals surface area contributed by atoms with Gasteiger partial charge in [-0.15, -0.1) is 0 Å². The van der Waals surface area contributed by atoms with E-state index in [4.69, 9.17) is 9.47 Å². The molecule has 1 aromatic carbocycles. The molecule has 2 aromatic heterocycles. The van der Waals surface area contributed by atoms with Crippen molar-refractivity contribution in [2.45, 2.75) is 39.3 Å². The average Bonchev–Trinajstić information content (AvgIpc) is 3.31. The lowest BCUT2D eigenvalue weighted by Gasteiger charge is -2.25. The summed E-state index contributed by atoms with van der Waals surface area (Å²) in [7, 11) is 0. The van der Waals surface area contributed by atoms with Crippen molar-refractivity contribution in [2.75, 3.05) is 18.5 Å². The highest BCUT2D eigenvalue weighted by Crippen LogP contribution is 2.23. The third kappa shape index (κ3) is 5.82. The summed E-state index contributed by atoms with van der Waals surface area (Å²) in [5, 5.41) is 2.94. The Kier molecular flexibility index (Phi) is 6.97. The number of nitrogens with zero attached hydrogens (tertiary/aromatic N) is 3. The summed E-state index contributed by atoms with van der Waals surface area (Å²) in [6.07, 6.45) is 7.14. The van der Waals surface area contributed by atoms with E-state index in [1.807, 2.05) is 37.3 Å². The largest absolute Gasteiger partial charge is 0.439 e. The van der Waals surface area contributed by atoms with Crippen LogP contribution in [0.2, 0.25) is 0 Å². The number of ether oxygens (including phenoxy) is 2. The Morgan fingerprint density at radius 3 is 2.78 bits per heavy atom. The van der Waals surface area contributed by atoms with Gasteiger partial charge in [-0.3, -0.25) is 4.98 Å². The number of aryl methyl sites for hydroxylation is 2. The Morgan fingerprint density at radius 1 is 1.19 bits per heavy atom. The van der Waals surface area contributed by atoms with E-state index >= 15 is 0 Å². The highest BCUT2D eigenvalue weighted by atomic mass is 16.5. The number of carbonyl (C=O) groups is 1. The molecule has 1 aliphatic rings. The van der Waals surface area contributed by atoms with Gasteiger partial charge in [-0.1, -0.05) is 12.1 Å². The van der Waals surface area contributed by atoms with Crippen molar-refractivity contribution >= 4 is 11.7 Å². The van der Waals surface area contributed by atoms with Gasteiger partial charge in [0.15, 0.2) is 0 Å². The minimum Gasteiger partial charge on any atom is -0.439 e. The van der Waals surface area contributed by atoms with E-state index in [0.717, 1.165) is 36.3 Å². The highest BCUT2D eigenvalue weighted by molar-refractivity contribution is 5.89. The van der Waals surface area contributed by atoms with Crippen LogP contribution in [-0.4, -0.2) is 40.2 Å². The molecule has 7 heteroatoms. The molecule has 0 radical (unpaired) electrons. The first kappa shape index (κ1) is 21.8. The molecule has 7 nitrogen and oxygen atoms in total. The van der Waals surface area contributed by atoms with E-state index in [9.17, 15) is 4.79 Å². The second kappa shape index (κ2) is 10.2. The SMILES string of the molecule is Cc1ccc(Oc2ccc(NC(=O)N(Cc3cccnc3)CC3CCCO3)cn2)cc1C. The number of amides is 2. The molecule has 1 N–H and O–H groups in total. The van der Waals surface area contributed by atoms with Crippen LogP contribution in [0, 0.1) is 13.8 Å². The zero-order chi connectivity index (χ0) is 22.3. The standard InChI is InChI=1S/C25H28N4O3/c1-18-7-9-22(13-19(18)2)32-24-10-8-21(15-27-24)28-25(30)29(17-23-6-4-12-31-23)16-20-5-3-11-26-14-20/h3,5,7-11,13-15,23H,4,6,12,16-17H2,1-2H3,(H,28,30). The molecular formula is C25H28N4O3. The predicted octanol–water partition coefficient (Wildman–Crippen LogP) is 5.10. The van der Waals surface area contributed by atoms with Crippen molar-refractivity contribution in [2.24, 2.45) is 0 Å². The molecule has 3 heterocycles. The van der Waals surface area contributed by atoms with Crippen molar-refractivity contribution in [3.8, 4) is 11.6 Å². The first-order chi connectivity index (χ1) is 15.6. The third-order valence-corrected chi connectivity index (χ3v) is 5.52. The second-order valence-corrected chi connectivity index (χ2v) is 8.04. The zero-order valence-corrected chi connectivity index (χ0v) is 18.5. The molecule has 0 bridgehead atoms. The van der Waals surface area contributed by atoms with Crippen LogP contribution >= 0.6 is 0 Å². The first-order valence-electron chi connectivity index (χ1n) is 10.8. The summed E-state index contributed by atoms with van der Waals surface area (Å²) >= 11 is 0. The average molecular weight is 433 g/mol. The van der Waals surface area contributed by atoms with Gasteiger partial charge < -0.3 is 19.7 Å². The van der Waals surface area contributed by atoms with Gasteiger partial charge in [-0.05, 0) is 67.6 Å². The zero-order valence-electron chi connectivity index (χ0n) is 18.5. The molecule has 166 valence electrons. The molecule has 32 heavy (non-hydrogen) atoms. The first-order valence-corrected chi connectivity index (χ1v) is 10.8. The van der Waals surface area contributed by atoms with Gasteiger partial charge in [-0.2, -0.15) is 0 Å². The monoisotopic (exact) mass is 432 g/mol. The lowest BCUT2D eigenvalue weighted by atomic mass is 10.1. The summed E-state index contributed by atoms with van der Waals surface area (Å²) < 4.78 is 11.6. The van der Waals surface area contributed by atoms with Crippen molar-refractivity contribution in [3.05, 3.63) is 77.7 Å². The molecule has 2 amide bonds. The van der Waals surface area contributed by atoms with Gasteiger partial charge in [0.05, 0.1) is 18.0 Å². The van der Waals surface area contributed by atoms with E-state index in [2.05, 4.69) is 22.2 Å². The van der Waals surface area contributed by atoms with Crippen LogP contribution in [-0.2, 0) is 11.3 Å². The van der Waals surface area contributed by atoms with Crippen LogP contribution in [0.3, 0.4) is 0 Å². The van der Waals surface area contributed by atoms with Crippen LogP contribution in [0.25, 0.3) is 0 Å². The van der Waals surface area contributed by atoms with Crippen LogP contribution < -0.4 is 10.1 Å². The number of anilines is 1. The molecule has 0 aliphatic carbocycles. The maximum atomic E-state index is 13.0. The van der Waals surface area contributed by atoms with Crippen molar-refractivity contribution in [1.29, 1.82) is 0 Å². The van der Waals surface area contributed by atoms with E-state index in [1.165, 1.54) is 5.56 Å². The lowest BCUT2D eigenvalue weighted by Crippen LogP contribution is -2.39. The molecule has 0 spiro atoms. The number of urea groups is 1. The number of pyridine rings is 2. The molecule has 3 aromatic rings. The van der Waals surface area contributed by atoms with Gasteiger partial charge in [0.1, 0.15) is 5.75 Å². The Morgan fingerprint density at radius 2 is 2.09 bits per heavy atom. The molecular weight excluding hydrogens is 404 g/mol. The molecule has 1 saturated heterocycles. The number of benzene rings is 1. The van der Waals surface area contributed by atoms with Crippen LogP contribution in [0.15, 0.2) is 61.1 Å². The topological polar surface area (TPSA) is 76.6 Å². The molecule has 1 fully saturated rings. The molecule has 4 rings (SSSR count). The Labute approximate surface area is 188 Å². The van der Waals surface area contributed by atoms with Crippen LogP contribution in [0.1, 0.15) is 29.5 Å². The van der Waals surface area contributed by atoms with Crippen LogP contribution in [0.4, 0.5) is 10.5 Å². The van der Waals surface area contributed by atoms with E-state index in [0.29, 0.717) is 24.7 Å². The van der Waals surface area contributed by atoms with Crippen LogP contribution in [0.5, 0.6) is 11.6 Å². The van der Waals surface area contributed by atoms with E-state index in [1.54, 1.807) is 35.6 Å². The molecule has 0 saturated carbocycles. The molecule has 1 unspecified atom stereocenters. The number of aromatic nitrogens is 2. The predicted molar refractivity (Wildman–Crippen MR) is 123 cm³/mol. The molecule has 1 aliphatic heterocycles. The summed E-state index contributed by atoms with van der Waals surface area (Å²) in [5.74, 6) is 1.20. The van der Waals surface area contributed by atoms with Gasteiger partial charge in [-0.25, -0.2) is 9.78 Å². The minimum atomic E-state index is -0.200. The maximum Gasteiger partial charge on any atom is 0.322 e. The number of hydrogen-bond acceptors (Lipinski definition) is 5. The summed E-state index contributed by atoms with van der Waals surface area (Å²) in [6.45, 7) is 5.84. The number of hydrogen-bond donors (Lipinski definition) is 1. The lowest BCUT2D eigenvalue weighted by molar-refractivity contribution is 0.0819. The van der Waals surface area contributed by atoms with Crippen molar-refractivity contribution in [1.82, 2.24) is 14.9 Å². The van der Waals surface area contributed by atoms with Crippen molar-refractivity contribution < 1.29 is 14.3 Å². The van der Waals surface area contributed by atoms with Gasteiger partial charge in [0, 0.05) is 38.2 Å². The third-order valence-electron chi connectivity index (χ3n) is 5.52. The Hall–Kier alpha value is -3.45. The van der Waals surface area contributed by atoms with E-state index < -0.39 is 0 Å². The summed E-state index contributed by atoms with van der Waals surface area (Å²) in [6, 6.07) is 13.1. The smallest absolute Gasteiger partial charge is 0.322 e. The fourth-order valence-electron chi connectivity index (χ4n) is 3.58. The number of nitrogens with one attached hydrogen (secondary N) is 1. The second-order valence-electron chi connectivity index (χ2n) is 8.04. The Balaban J connectivity index is 1.40. The number of rotatable bonds is 7. The summed E-state index contributed by atoms with van der Waals surface area (Å²) in [5.41, 5.74) is 3.94. The fraction of sp³-hybridized carbons (Fsp3) is 0.320. The maximum absolute atomic E-state index is 13.0. The van der Waals surface area contributed by atoms with Crippen molar-refractivity contribution in [3.63, 3.8) is 0 Å². The minimum absolute atomic E-state index is 0.0595. The van der Waals surface area contributed by atoms with E-state index in [-0.39, 0.29) is 12.1 Å². The van der Waals surface area contributed by atoms with Gasteiger partial charge >= 0.3 is 6.03 Å².